The van der Waals surface area contributed by atoms with E-state index in [9.17, 15) is 4.79 Å². The first kappa shape index (κ1) is 18.6. The highest BCUT2D eigenvalue weighted by Crippen LogP contribution is 2.25. The molecule has 0 amide bonds. The molecule has 0 fully saturated rings. The zero-order valence-corrected chi connectivity index (χ0v) is 13.8. The van der Waals surface area contributed by atoms with Crippen molar-refractivity contribution >= 4 is 5.78 Å². The van der Waals surface area contributed by atoms with Gasteiger partial charge >= 0.3 is 0 Å². The van der Waals surface area contributed by atoms with Crippen LogP contribution < -0.4 is 11.1 Å². The predicted octanol–water partition coefficient (Wildman–Crippen LogP) is 3.27. The van der Waals surface area contributed by atoms with E-state index in [1.807, 2.05) is 13.8 Å². The molecule has 19 heavy (non-hydrogen) atoms. The van der Waals surface area contributed by atoms with E-state index in [0.29, 0.717) is 12.3 Å². The van der Waals surface area contributed by atoms with Gasteiger partial charge in [-0.3, -0.25) is 4.79 Å². The van der Waals surface area contributed by atoms with Crippen LogP contribution in [-0.4, -0.2) is 23.9 Å². The molecule has 1 atom stereocenters. The van der Waals surface area contributed by atoms with Crippen LogP contribution in [0, 0.1) is 5.41 Å². The molecule has 0 saturated heterocycles. The zero-order chi connectivity index (χ0) is 15.1. The van der Waals surface area contributed by atoms with E-state index >= 15 is 0 Å². The van der Waals surface area contributed by atoms with Crippen LogP contribution in [0.25, 0.3) is 0 Å². The van der Waals surface area contributed by atoms with Crippen molar-refractivity contribution in [3.8, 4) is 0 Å². The summed E-state index contributed by atoms with van der Waals surface area (Å²) in [6.45, 7) is 13.4. The maximum Gasteiger partial charge on any atom is 0.155 e. The van der Waals surface area contributed by atoms with Gasteiger partial charge in [-0.15, -0.1) is 0 Å². The molecule has 0 aromatic carbocycles. The van der Waals surface area contributed by atoms with Crippen molar-refractivity contribution in [3.63, 3.8) is 0 Å². The highest BCUT2D eigenvalue weighted by molar-refractivity contribution is 5.89. The fourth-order valence-electron chi connectivity index (χ4n) is 1.98. The average molecular weight is 270 g/mol. The van der Waals surface area contributed by atoms with Crippen LogP contribution in [0.3, 0.4) is 0 Å². The van der Waals surface area contributed by atoms with Crippen LogP contribution in [0.5, 0.6) is 0 Å². The molecule has 3 N–H and O–H groups in total. The minimum Gasteiger partial charge on any atom is -0.330 e. The first-order chi connectivity index (χ1) is 8.70. The molecule has 3 nitrogen and oxygen atoms in total. The molecule has 0 radical (unpaired) electrons. The highest BCUT2D eigenvalue weighted by atomic mass is 16.1. The van der Waals surface area contributed by atoms with Gasteiger partial charge in [-0.05, 0) is 46.1 Å². The summed E-state index contributed by atoms with van der Waals surface area (Å²) in [5.74, 6) is 0.341. The molecule has 0 aliphatic heterocycles. The van der Waals surface area contributed by atoms with Gasteiger partial charge in [-0.2, -0.15) is 0 Å². The van der Waals surface area contributed by atoms with Crippen LogP contribution in [0.1, 0.15) is 73.6 Å². The molecule has 0 aromatic heterocycles. The van der Waals surface area contributed by atoms with Crippen LogP contribution in [0.2, 0.25) is 0 Å². The number of unbranched alkanes of at least 4 members (excludes halogenated alkanes) is 1. The number of nitrogens with one attached hydrogen (secondary N) is 1. The molecule has 0 aromatic rings. The van der Waals surface area contributed by atoms with Gasteiger partial charge in [0.25, 0.3) is 0 Å². The SMILES string of the molecule is CCC(C)(C)NC(CCCCN)C(=O)C(C)(C)CC. The number of hydrogen-bond donors (Lipinski definition) is 2. The Balaban J connectivity index is 4.80. The van der Waals surface area contributed by atoms with Crippen LogP contribution in [0.4, 0.5) is 0 Å². The van der Waals surface area contributed by atoms with Gasteiger partial charge in [0, 0.05) is 11.0 Å². The Morgan fingerprint density at radius 2 is 1.68 bits per heavy atom. The zero-order valence-electron chi connectivity index (χ0n) is 13.8. The standard InChI is InChI=1S/C16H34N2O/c1-7-15(3,4)14(19)13(11-9-10-12-17)18-16(5,6)8-2/h13,18H,7-12,17H2,1-6H3. The van der Waals surface area contributed by atoms with Crippen molar-refractivity contribution in [3.05, 3.63) is 0 Å². The van der Waals surface area contributed by atoms with Crippen molar-refractivity contribution in [1.82, 2.24) is 5.32 Å². The fraction of sp³-hybridized carbons (Fsp3) is 0.938. The van der Waals surface area contributed by atoms with Crippen molar-refractivity contribution < 1.29 is 4.79 Å². The lowest BCUT2D eigenvalue weighted by Crippen LogP contribution is -2.52. The Morgan fingerprint density at radius 1 is 1.11 bits per heavy atom. The minimum absolute atomic E-state index is 0.00681. The molecule has 0 saturated carbocycles. The molecule has 0 bridgehead atoms. The lowest BCUT2D eigenvalue weighted by Gasteiger charge is -2.34. The van der Waals surface area contributed by atoms with E-state index in [1.165, 1.54) is 0 Å². The third kappa shape index (κ3) is 6.53. The number of carbonyl (C=O) groups is 1. The molecule has 0 rings (SSSR count). The Morgan fingerprint density at radius 3 is 2.11 bits per heavy atom. The largest absolute Gasteiger partial charge is 0.330 e. The lowest BCUT2D eigenvalue weighted by atomic mass is 9.80. The first-order valence-corrected chi connectivity index (χ1v) is 7.72. The fourth-order valence-corrected chi connectivity index (χ4v) is 1.98. The van der Waals surface area contributed by atoms with Crippen LogP contribution in [0.15, 0.2) is 0 Å². The molecular formula is C16H34N2O. The second-order valence-electron chi connectivity index (χ2n) is 6.82. The predicted molar refractivity (Wildman–Crippen MR) is 83.3 cm³/mol. The molecule has 0 spiro atoms. The summed E-state index contributed by atoms with van der Waals surface area (Å²) in [4.78, 5) is 12.7. The molecular weight excluding hydrogens is 236 g/mol. The summed E-state index contributed by atoms with van der Waals surface area (Å²) < 4.78 is 0. The van der Waals surface area contributed by atoms with Crippen molar-refractivity contribution in [2.45, 2.75) is 85.2 Å². The van der Waals surface area contributed by atoms with Gasteiger partial charge in [-0.1, -0.05) is 34.1 Å². The Hall–Kier alpha value is -0.410. The molecule has 3 heteroatoms. The summed E-state index contributed by atoms with van der Waals surface area (Å²) >= 11 is 0. The third-order valence-electron chi connectivity index (χ3n) is 4.26. The van der Waals surface area contributed by atoms with Crippen LogP contribution >= 0.6 is 0 Å². The Bertz CT molecular complexity index is 272. The Labute approximate surface area is 119 Å². The van der Waals surface area contributed by atoms with E-state index in [1.54, 1.807) is 0 Å². The number of nitrogens with two attached hydrogens (primary N) is 1. The summed E-state index contributed by atoms with van der Waals surface area (Å²) in [6.07, 6.45) is 4.79. The second-order valence-corrected chi connectivity index (χ2v) is 6.82. The van der Waals surface area contributed by atoms with Gasteiger partial charge in [0.2, 0.25) is 0 Å². The molecule has 0 aliphatic rings. The van der Waals surface area contributed by atoms with E-state index in [-0.39, 0.29) is 17.0 Å². The van der Waals surface area contributed by atoms with E-state index < -0.39 is 0 Å². The first-order valence-electron chi connectivity index (χ1n) is 7.72. The third-order valence-corrected chi connectivity index (χ3v) is 4.26. The van der Waals surface area contributed by atoms with E-state index in [2.05, 4.69) is 33.0 Å². The maximum atomic E-state index is 12.7. The topological polar surface area (TPSA) is 55.1 Å². The van der Waals surface area contributed by atoms with Gasteiger partial charge in [0.05, 0.1) is 6.04 Å². The minimum atomic E-state index is -0.246. The number of rotatable bonds is 10. The second kappa shape index (κ2) is 8.01. The van der Waals surface area contributed by atoms with E-state index in [4.69, 9.17) is 5.73 Å². The van der Waals surface area contributed by atoms with Crippen molar-refractivity contribution in [2.75, 3.05) is 6.54 Å². The summed E-state index contributed by atoms with van der Waals surface area (Å²) in [5.41, 5.74) is 5.31. The number of Topliss-reactive ketones (excluding diaryl/α,β-unsaturated/α-hetero) is 1. The molecule has 1 unspecified atom stereocenters. The molecule has 114 valence electrons. The summed E-state index contributed by atoms with van der Waals surface area (Å²) in [7, 11) is 0. The van der Waals surface area contributed by atoms with Gasteiger partial charge in [0.1, 0.15) is 0 Å². The Kier molecular flexibility index (Phi) is 7.83. The monoisotopic (exact) mass is 270 g/mol. The summed E-state index contributed by atoms with van der Waals surface area (Å²) in [5, 5.41) is 3.55. The van der Waals surface area contributed by atoms with Crippen LogP contribution in [-0.2, 0) is 4.79 Å². The number of hydrogen-bond acceptors (Lipinski definition) is 3. The van der Waals surface area contributed by atoms with Crippen molar-refractivity contribution in [1.29, 1.82) is 0 Å². The van der Waals surface area contributed by atoms with Gasteiger partial charge < -0.3 is 11.1 Å². The van der Waals surface area contributed by atoms with Crippen molar-refractivity contribution in [2.24, 2.45) is 11.1 Å². The van der Waals surface area contributed by atoms with E-state index in [0.717, 1.165) is 32.1 Å². The molecule has 0 aliphatic carbocycles. The smallest absolute Gasteiger partial charge is 0.155 e. The summed E-state index contributed by atoms with van der Waals surface area (Å²) in [6, 6.07) is -0.0450. The normalized spacial score (nSPS) is 14.5. The number of carbonyl (C=O) groups excluding carboxylic acids is 1. The average Bonchev–Trinajstić information content (AvgIpc) is 2.36. The molecule has 0 heterocycles. The highest BCUT2D eigenvalue weighted by Gasteiger charge is 2.34. The number of ketones is 1. The van der Waals surface area contributed by atoms with Gasteiger partial charge in [0.15, 0.2) is 5.78 Å². The maximum absolute atomic E-state index is 12.7. The van der Waals surface area contributed by atoms with Gasteiger partial charge in [-0.25, -0.2) is 0 Å². The quantitative estimate of drug-likeness (QED) is 0.599. The lowest BCUT2D eigenvalue weighted by molar-refractivity contribution is -0.130.